The van der Waals surface area contributed by atoms with Crippen LogP contribution in [0.25, 0.3) is 0 Å². The predicted octanol–water partition coefficient (Wildman–Crippen LogP) is 2.90. The Balaban J connectivity index is 2.96. The summed E-state index contributed by atoms with van der Waals surface area (Å²) in [5.74, 6) is 0.521. The molecule has 0 aromatic heterocycles. The normalized spacial score (nSPS) is 33.9. The first-order chi connectivity index (χ1) is 7.94. The molecular weight excluding hydrogens is 214 g/mol. The van der Waals surface area contributed by atoms with Crippen molar-refractivity contribution in [2.24, 2.45) is 17.8 Å². The molecule has 0 aromatic carbocycles. The highest BCUT2D eigenvalue weighted by Crippen LogP contribution is 2.41. The van der Waals surface area contributed by atoms with E-state index in [4.69, 9.17) is 0 Å². The molecule has 1 aliphatic rings. The van der Waals surface area contributed by atoms with Gasteiger partial charge in [0.15, 0.2) is 0 Å². The Bertz CT molecular complexity index is 265. The first kappa shape index (κ1) is 14.5. The van der Waals surface area contributed by atoms with Gasteiger partial charge in [-0.25, -0.2) is 0 Å². The van der Waals surface area contributed by atoms with E-state index in [1.807, 2.05) is 0 Å². The third-order valence-electron chi connectivity index (χ3n) is 4.15. The minimum Gasteiger partial charge on any atom is -0.480 e. The number of aliphatic carboxylic acids is 1. The van der Waals surface area contributed by atoms with Crippen LogP contribution in [-0.4, -0.2) is 23.2 Å². The summed E-state index contributed by atoms with van der Waals surface area (Å²) in [6, 6.07) is 0. The smallest absolute Gasteiger partial charge is 0.324 e. The van der Waals surface area contributed by atoms with Crippen molar-refractivity contribution in [3.05, 3.63) is 0 Å². The lowest BCUT2D eigenvalue weighted by Gasteiger charge is -2.46. The zero-order valence-corrected chi connectivity index (χ0v) is 11.6. The molecule has 3 unspecified atom stereocenters. The molecule has 3 nitrogen and oxygen atoms in total. The second kappa shape index (κ2) is 5.85. The molecule has 0 saturated heterocycles. The van der Waals surface area contributed by atoms with Gasteiger partial charge in [-0.15, -0.1) is 0 Å². The largest absolute Gasteiger partial charge is 0.480 e. The van der Waals surface area contributed by atoms with Gasteiger partial charge in [-0.1, -0.05) is 34.1 Å². The fourth-order valence-corrected chi connectivity index (χ4v) is 3.29. The van der Waals surface area contributed by atoms with Crippen molar-refractivity contribution in [3.63, 3.8) is 0 Å². The fourth-order valence-electron chi connectivity index (χ4n) is 3.29. The maximum Gasteiger partial charge on any atom is 0.324 e. The van der Waals surface area contributed by atoms with Crippen LogP contribution in [0.4, 0.5) is 0 Å². The molecule has 1 fully saturated rings. The third kappa shape index (κ3) is 3.01. The van der Waals surface area contributed by atoms with Crippen molar-refractivity contribution in [1.82, 2.24) is 5.32 Å². The van der Waals surface area contributed by atoms with Crippen LogP contribution in [0.2, 0.25) is 0 Å². The van der Waals surface area contributed by atoms with Crippen molar-refractivity contribution in [2.75, 3.05) is 6.54 Å². The third-order valence-corrected chi connectivity index (χ3v) is 4.15. The van der Waals surface area contributed by atoms with E-state index in [0.717, 1.165) is 32.2 Å². The van der Waals surface area contributed by atoms with Gasteiger partial charge in [-0.2, -0.15) is 0 Å². The lowest BCUT2D eigenvalue weighted by Crippen LogP contribution is -2.61. The van der Waals surface area contributed by atoms with Crippen molar-refractivity contribution >= 4 is 5.97 Å². The molecule has 0 heterocycles. The van der Waals surface area contributed by atoms with E-state index in [9.17, 15) is 9.90 Å². The van der Waals surface area contributed by atoms with Crippen LogP contribution < -0.4 is 5.32 Å². The van der Waals surface area contributed by atoms with Gasteiger partial charge in [0, 0.05) is 0 Å². The minimum atomic E-state index is -0.693. The van der Waals surface area contributed by atoms with Gasteiger partial charge in [0.1, 0.15) is 5.54 Å². The Morgan fingerprint density at radius 3 is 2.59 bits per heavy atom. The SMILES string of the molecule is CCCNC1(C(=O)O)CC(C)CCC1C(C)C. The number of carboxylic acids is 1. The summed E-state index contributed by atoms with van der Waals surface area (Å²) in [4.78, 5) is 11.8. The summed E-state index contributed by atoms with van der Waals surface area (Å²) >= 11 is 0. The second-order valence-corrected chi connectivity index (χ2v) is 5.94. The van der Waals surface area contributed by atoms with E-state index >= 15 is 0 Å². The van der Waals surface area contributed by atoms with Crippen molar-refractivity contribution in [3.8, 4) is 0 Å². The van der Waals surface area contributed by atoms with Crippen molar-refractivity contribution < 1.29 is 9.90 Å². The van der Waals surface area contributed by atoms with Crippen LogP contribution >= 0.6 is 0 Å². The number of hydrogen-bond donors (Lipinski definition) is 2. The molecule has 17 heavy (non-hydrogen) atoms. The van der Waals surface area contributed by atoms with Crippen LogP contribution in [0.1, 0.15) is 53.4 Å². The summed E-state index contributed by atoms with van der Waals surface area (Å²) < 4.78 is 0. The molecule has 0 spiro atoms. The zero-order chi connectivity index (χ0) is 13.1. The Labute approximate surface area is 105 Å². The van der Waals surface area contributed by atoms with E-state index < -0.39 is 11.5 Å². The lowest BCUT2D eigenvalue weighted by molar-refractivity contribution is -0.151. The summed E-state index contributed by atoms with van der Waals surface area (Å²) in [7, 11) is 0. The summed E-state index contributed by atoms with van der Waals surface area (Å²) in [6.45, 7) is 9.33. The average Bonchev–Trinajstić information content (AvgIpc) is 2.25. The Hall–Kier alpha value is -0.570. The first-order valence-corrected chi connectivity index (χ1v) is 6.92. The highest BCUT2D eigenvalue weighted by molar-refractivity contribution is 5.79. The predicted molar refractivity (Wildman–Crippen MR) is 70.0 cm³/mol. The minimum absolute atomic E-state index is 0.253. The van der Waals surface area contributed by atoms with E-state index in [1.54, 1.807) is 0 Å². The number of nitrogens with one attached hydrogen (secondary N) is 1. The maximum atomic E-state index is 11.8. The summed E-state index contributed by atoms with van der Waals surface area (Å²) in [5.41, 5.74) is -0.693. The zero-order valence-electron chi connectivity index (χ0n) is 11.6. The molecule has 0 aliphatic heterocycles. The van der Waals surface area contributed by atoms with Gasteiger partial charge < -0.3 is 10.4 Å². The Morgan fingerprint density at radius 1 is 1.47 bits per heavy atom. The van der Waals surface area contributed by atoms with Crippen LogP contribution in [-0.2, 0) is 4.79 Å². The van der Waals surface area contributed by atoms with E-state index in [0.29, 0.717) is 11.8 Å². The molecule has 1 rings (SSSR count). The summed E-state index contributed by atoms with van der Waals surface area (Å²) in [6.07, 6.45) is 3.94. The number of hydrogen-bond acceptors (Lipinski definition) is 2. The van der Waals surface area contributed by atoms with Crippen LogP contribution in [0.3, 0.4) is 0 Å². The van der Waals surface area contributed by atoms with Gasteiger partial charge in [0.25, 0.3) is 0 Å². The van der Waals surface area contributed by atoms with Crippen molar-refractivity contribution in [1.29, 1.82) is 0 Å². The molecule has 0 bridgehead atoms. The molecule has 2 N–H and O–H groups in total. The fraction of sp³-hybridized carbons (Fsp3) is 0.929. The van der Waals surface area contributed by atoms with E-state index in [1.165, 1.54) is 0 Å². The van der Waals surface area contributed by atoms with E-state index in [-0.39, 0.29) is 5.92 Å². The molecule has 0 radical (unpaired) electrons. The molecule has 1 aliphatic carbocycles. The van der Waals surface area contributed by atoms with Crippen molar-refractivity contribution in [2.45, 2.75) is 58.9 Å². The van der Waals surface area contributed by atoms with Gasteiger partial charge in [-0.3, -0.25) is 4.79 Å². The number of carboxylic acid groups (broad SMARTS) is 1. The van der Waals surface area contributed by atoms with Crippen LogP contribution in [0, 0.1) is 17.8 Å². The number of rotatable bonds is 5. The van der Waals surface area contributed by atoms with Gasteiger partial charge in [0.05, 0.1) is 0 Å². The molecule has 3 atom stereocenters. The van der Waals surface area contributed by atoms with Gasteiger partial charge >= 0.3 is 5.97 Å². The highest BCUT2D eigenvalue weighted by Gasteiger charge is 2.49. The monoisotopic (exact) mass is 241 g/mol. The number of carbonyl (C=O) groups is 1. The molecule has 1 saturated carbocycles. The molecule has 3 heteroatoms. The molecular formula is C14H27NO2. The first-order valence-electron chi connectivity index (χ1n) is 6.92. The van der Waals surface area contributed by atoms with Crippen LogP contribution in [0.15, 0.2) is 0 Å². The maximum absolute atomic E-state index is 11.8. The molecule has 100 valence electrons. The molecule has 0 aromatic rings. The van der Waals surface area contributed by atoms with Crippen LogP contribution in [0.5, 0.6) is 0 Å². The van der Waals surface area contributed by atoms with Gasteiger partial charge in [0.2, 0.25) is 0 Å². The highest BCUT2D eigenvalue weighted by atomic mass is 16.4. The Kier molecular flexibility index (Phi) is 4.99. The quantitative estimate of drug-likeness (QED) is 0.778. The standard InChI is InChI=1S/C14H27NO2/c1-5-8-15-14(13(16)17)9-11(4)6-7-12(14)10(2)3/h10-12,15H,5-9H2,1-4H3,(H,16,17). The molecule has 0 amide bonds. The van der Waals surface area contributed by atoms with Gasteiger partial charge in [-0.05, 0) is 43.6 Å². The summed E-state index contributed by atoms with van der Waals surface area (Å²) in [5, 5.41) is 13.0. The topological polar surface area (TPSA) is 49.3 Å². The lowest BCUT2D eigenvalue weighted by atomic mass is 9.65. The average molecular weight is 241 g/mol. The van der Waals surface area contributed by atoms with E-state index in [2.05, 4.69) is 33.0 Å². The second-order valence-electron chi connectivity index (χ2n) is 5.94. The Morgan fingerprint density at radius 2 is 2.12 bits per heavy atom.